The Morgan fingerprint density at radius 2 is 1.93 bits per heavy atom. The summed E-state index contributed by atoms with van der Waals surface area (Å²) < 4.78 is 16.5. The van der Waals surface area contributed by atoms with Crippen LogP contribution in [-0.2, 0) is 16.1 Å². The van der Waals surface area contributed by atoms with E-state index in [1.54, 1.807) is 44.4 Å². The van der Waals surface area contributed by atoms with Crippen LogP contribution >= 0.6 is 0 Å². The topological polar surface area (TPSA) is 149 Å². The Hall–Kier alpha value is -4.48. The fourth-order valence-corrected chi connectivity index (χ4v) is 4.00. The molecular weight excluding hydrogens is 519 g/mol. The van der Waals surface area contributed by atoms with E-state index in [4.69, 9.17) is 5.11 Å². The average Bonchev–Trinajstić information content (AvgIpc) is 3.29. The summed E-state index contributed by atoms with van der Waals surface area (Å²) in [5.41, 5.74) is 0.391. The quantitative estimate of drug-likeness (QED) is 0.280. The number of pyridine rings is 1. The molecule has 11 nitrogen and oxygen atoms in total. The lowest BCUT2D eigenvalue weighted by Crippen LogP contribution is -2.44. The van der Waals surface area contributed by atoms with E-state index in [0.717, 1.165) is 0 Å². The fraction of sp³-hybridized carbons (Fsp3) is 0.393. The normalized spacial score (nSPS) is 13.2. The zero-order valence-corrected chi connectivity index (χ0v) is 23.2. The van der Waals surface area contributed by atoms with E-state index in [1.807, 2.05) is 20.8 Å². The number of likely N-dealkylation sites (N-methyl/N-ethyl adjacent to an activating group) is 1. The third kappa shape index (κ3) is 7.55. The molecule has 2 heterocycles. The minimum atomic E-state index is -1.40. The highest BCUT2D eigenvalue weighted by Crippen LogP contribution is 2.38. The number of fused-ring (bicyclic) bond motifs is 1. The van der Waals surface area contributed by atoms with Gasteiger partial charge in [0.2, 0.25) is 11.8 Å². The Balaban J connectivity index is 1.78. The number of aromatic nitrogens is 3. The van der Waals surface area contributed by atoms with Gasteiger partial charge in [-0.1, -0.05) is 39.0 Å². The number of alkyl halides is 1. The Kier molecular flexibility index (Phi) is 9.46. The monoisotopic (exact) mass is 554 g/mol. The second kappa shape index (κ2) is 12.6. The minimum Gasteiger partial charge on any atom is -0.465 e. The summed E-state index contributed by atoms with van der Waals surface area (Å²) in [5.74, 6) is -0.524. The van der Waals surface area contributed by atoms with Crippen molar-refractivity contribution < 1.29 is 23.9 Å². The van der Waals surface area contributed by atoms with Gasteiger partial charge in [0.1, 0.15) is 23.7 Å². The highest BCUT2D eigenvalue weighted by Gasteiger charge is 2.28. The number of allylic oxidation sites excluding steroid dienone is 1. The molecule has 12 heteroatoms. The summed E-state index contributed by atoms with van der Waals surface area (Å²) in [7, 11) is 3.19. The van der Waals surface area contributed by atoms with E-state index in [-0.39, 0.29) is 31.0 Å². The van der Waals surface area contributed by atoms with Crippen molar-refractivity contribution in [3.05, 3.63) is 70.4 Å². The summed E-state index contributed by atoms with van der Waals surface area (Å²) in [6, 6.07) is 7.05. The van der Waals surface area contributed by atoms with E-state index in [0.29, 0.717) is 22.4 Å². The van der Waals surface area contributed by atoms with E-state index in [2.05, 4.69) is 20.6 Å². The SMILES string of the molecule is CN(C)C(=O)/C=C/CC[C@H](NC(=O)O)C(=O)Nc1cccn(Cc2nc3c(C(F)C(C)(C)C)cccc3[nH]2)c1=O. The molecule has 214 valence electrons. The molecule has 40 heavy (non-hydrogen) atoms. The molecule has 0 saturated carbocycles. The number of hydrogen-bond donors (Lipinski definition) is 4. The van der Waals surface area contributed by atoms with Crippen molar-refractivity contribution in [3.8, 4) is 0 Å². The number of para-hydroxylation sites is 1. The standard InChI is InChI=1S/C28H35FN6O5/c1-28(2,3)24(29)17-10-8-12-18-23(17)33-21(30-18)16-35-15-9-13-20(26(35)38)31-25(37)19(32-27(39)40)11-6-7-14-22(36)34(4)5/h7-10,12-15,19,24,32H,6,11,16H2,1-5H3,(H,30,33)(H,31,37)(H,39,40)/b14-7+/t19-,24?/m0/s1. The Bertz CT molecular complexity index is 1470. The summed E-state index contributed by atoms with van der Waals surface area (Å²) in [5, 5.41) is 13.8. The molecule has 0 fully saturated rings. The Labute approximate surface area is 231 Å². The first-order chi connectivity index (χ1) is 18.8. The van der Waals surface area contributed by atoms with Gasteiger partial charge in [0.25, 0.3) is 5.56 Å². The number of rotatable bonds is 10. The number of carbonyl (C=O) groups excluding carboxylic acids is 2. The molecule has 4 N–H and O–H groups in total. The number of hydrogen-bond acceptors (Lipinski definition) is 5. The van der Waals surface area contributed by atoms with Gasteiger partial charge in [-0.15, -0.1) is 0 Å². The average molecular weight is 555 g/mol. The molecule has 1 aromatic carbocycles. The van der Waals surface area contributed by atoms with Crippen molar-refractivity contribution in [3.63, 3.8) is 0 Å². The van der Waals surface area contributed by atoms with Crippen LogP contribution < -0.4 is 16.2 Å². The van der Waals surface area contributed by atoms with Gasteiger partial charge in [-0.3, -0.25) is 14.4 Å². The third-order valence-corrected chi connectivity index (χ3v) is 6.16. The predicted molar refractivity (Wildman–Crippen MR) is 150 cm³/mol. The third-order valence-electron chi connectivity index (χ3n) is 6.16. The number of H-pyrrole nitrogens is 1. The number of nitrogens with one attached hydrogen (secondary N) is 3. The van der Waals surface area contributed by atoms with E-state index < -0.39 is 35.2 Å². The number of benzene rings is 1. The maximum Gasteiger partial charge on any atom is 0.405 e. The smallest absolute Gasteiger partial charge is 0.405 e. The highest BCUT2D eigenvalue weighted by atomic mass is 19.1. The molecule has 2 atom stereocenters. The van der Waals surface area contributed by atoms with Gasteiger partial charge in [-0.25, -0.2) is 14.2 Å². The number of carboxylic acid groups (broad SMARTS) is 1. The Morgan fingerprint density at radius 1 is 1.20 bits per heavy atom. The van der Waals surface area contributed by atoms with Gasteiger partial charge in [-0.05, 0) is 42.5 Å². The van der Waals surface area contributed by atoms with Crippen molar-refractivity contribution in [1.29, 1.82) is 0 Å². The predicted octanol–water partition coefficient (Wildman–Crippen LogP) is 3.83. The van der Waals surface area contributed by atoms with Gasteiger partial charge in [0, 0.05) is 25.9 Å². The van der Waals surface area contributed by atoms with Crippen LogP contribution in [0.3, 0.4) is 0 Å². The van der Waals surface area contributed by atoms with Crippen molar-refractivity contribution in [2.75, 3.05) is 19.4 Å². The number of amides is 3. The van der Waals surface area contributed by atoms with Crippen molar-refractivity contribution in [2.45, 2.75) is 52.4 Å². The molecule has 0 radical (unpaired) electrons. The van der Waals surface area contributed by atoms with Crippen LogP contribution in [0.2, 0.25) is 0 Å². The van der Waals surface area contributed by atoms with Gasteiger partial charge < -0.3 is 30.2 Å². The van der Waals surface area contributed by atoms with Crippen LogP contribution in [-0.4, -0.2) is 62.6 Å². The molecule has 0 aliphatic heterocycles. The Morgan fingerprint density at radius 3 is 2.58 bits per heavy atom. The number of imidazole rings is 1. The first-order valence-corrected chi connectivity index (χ1v) is 12.8. The van der Waals surface area contributed by atoms with Gasteiger partial charge in [0.05, 0.1) is 17.6 Å². The second-order valence-corrected chi connectivity index (χ2v) is 10.7. The molecular formula is C28H35FN6O5. The number of nitrogens with zero attached hydrogens (tertiary/aromatic N) is 3. The first-order valence-electron chi connectivity index (χ1n) is 12.8. The molecule has 3 amide bonds. The lowest BCUT2D eigenvalue weighted by molar-refractivity contribution is -0.123. The van der Waals surface area contributed by atoms with E-state index >= 15 is 4.39 Å². The highest BCUT2D eigenvalue weighted by molar-refractivity contribution is 5.96. The van der Waals surface area contributed by atoms with Gasteiger partial charge in [0.15, 0.2) is 0 Å². The summed E-state index contributed by atoms with van der Waals surface area (Å²) in [4.78, 5) is 58.0. The van der Waals surface area contributed by atoms with Gasteiger partial charge in [-0.2, -0.15) is 0 Å². The molecule has 3 rings (SSSR count). The van der Waals surface area contributed by atoms with Crippen LogP contribution in [0, 0.1) is 5.41 Å². The molecule has 2 aromatic heterocycles. The second-order valence-electron chi connectivity index (χ2n) is 10.7. The molecule has 3 aromatic rings. The van der Waals surface area contributed by atoms with Crippen molar-refractivity contribution in [1.82, 2.24) is 24.8 Å². The lowest BCUT2D eigenvalue weighted by Gasteiger charge is -2.24. The maximum absolute atomic E-state index is 15.1. The number of halogens is 1. The van der Waals surface area contributed by atoms with Crippen molar-refractivity contribution >= 4 is 34.6 Å². The lowest BCUT2D eigenvalue weighted by atomic mass is 9.85. The number of anilines is 1. The molecule has 0 bridgehead atoms. The van der Waals surface area contributed by atoms with E-state index in [9.17, 15) is 19.2 Å². The molecule has 0 aliphatic rings. The zero-order chi connectivity index (χ0) is 29.6. The first kappa shape index (κ1) is 30.1. The van der Waals surface area contributed by atoms with Crippen LogP contribution in [0.1, 0.15) is 51.2 Å². The minimum absolute atomic E-state index is 0.0324. The maximum atomic E-state index is 15.1. The zero-order valence-electron chi connectivity index (χ0n) is 23.2. The molecule has 0 aliphatic carbocycles. The summed E-state index contributed by atoms with van der Waals surface area (Å²) in [6.07, 6.45) is 2.09. The fourth-order valence-electron chi connectivity index (χ4n) is 4.00. The molecule has 1 unspecified atom stereocenters. The van der Waals surface area contributed by atoms with Crippen molar-refractivity contribution in [2.24, 2.45) is 5.41 Å². The largest absolute Gasteiger partial charge is 0.465 e. The van der Waals surface area contributed by atoms with Crippen LogP contribution in [0.15, 0.2) is 53.5 Å². The van der Waals surface area contributed by atoms with Crippen LogP contribution in [0.4, 0.5) is 14.9 Å². The number of carbonyl (C=O) groups is 3. The number of aromatic amines is 1. The summed E-state index contributed by atoms with van der Waals surface area (Å²) in [6.45, 7) is 5.46. The molecule has 0 spiro atoms. The van der Waals surface area contributed by atoms with Gasteiger partial charge >= 0.3 is 6.09 Å². The van der Waals surface area contributed by atoms with Crippen LogP contribution in [0.25, 0.3) is 11.0 Å². The van der Waals surface area contributed by atoms with E-state index in [1.165, 1.54) is 27.8 Å². The molecule has 0 saturated heterocycles. The summed E-state index contributed by atoms with van der Waals surface area (Å²) >= 11 is 0. The van der Waals surface area contributed by atoms with Crippen LogP contribution in [0.5, 0.6) is 0 Å².